The lowest BCUT2D eigenvalue weighted by atomic mass is 10.1. The minimum absolute atomic E-state index is 0.729. The highest BCUT2D eigenvalue weighted by Crippen LogP contribution is 2.21. The molecule has 0 atom stereocenters. The molecule has 1 heterocycles. The molecule has 0 aliphatic carbocycles. The highest BCUT2D eigenvalue weighted by molar-refractivity contribution is 6.30. The van der Waals surface area contributed by atoms with E-state index in [0.717, 1.165) is 22.0 Å². The number of rotatable bonds is 2. The van der Waals surface area contributed by atoms with Crippen molar-refractivity contribution in [3.8, 4) is 17.0 Å². The van der Waals surface area contributed by atoms with Gasteiger partial charge in [0.2, 0.25) is 0 Å². The fourth-order valence-corrected chi connectivity index (χ4v) is 1.42. The van der Waals surface area contributed by atoms with Crippen molar-refractivity contribution in [2.45, 2.75) is 0 Å². The lowest BCUT2D eigenvalue weighted by Crippen LogP contribution is -1.86. The number of halogens is 1. The maximum absolute atomic E-state index is 5.81. The molecule has 1 aromatic carbocycles. The van der Waals surface area contributed by atoms with E-state index in [9.17, 15) is 0 Å². The van der Waals surface area contributed by atoms with Crippen molar-refractivity contribution in [1.29, 1.82) is 0 Å². The van der Waals surface area contributed by atoms with Gasteiger partial charge in [0.15, 0.2) is 0 Å². The molecule has 1 aromatic heterocycles. The molecule has 0 aliphatic rings. The van der Waals surface area contributed by atoms with E-state index in [1.54, 1.807) is 13.3 Å². The molecule has 0 saturated carbocycles. The highest BCUT2D eigenvalue weighted by Gasteiger charge is 1.99. The number of aromatic nitrogens is 1. The molecule has 0 aliphatic heterocycles. The molecule has 0 amide bonds. The fraction of sp³-hybridized carbons (Fsp3) is 0.0833. The van der Waals surface area contributed by atoms with Crippen LogP contribution in [-0.4, -0.2) is 12.1 Å². The van der Waals surface area contributed by atoms with Gasteiger partial charge in [-0.15, -0.1) is 0 Å². The van der Waals surface area contributed by atoms with E-state index < -0.39 is 0 Å². The summed E-state index contributed by atoms with van der Waals surface area (Å²) < 4.78 is 5.04. The molecule has 0 bridgehead atoms. The van der Waals surface area contributed by atoms with E-state index >= 15 is 0 Å². The van der Waals surface area contributed by atoms with Gasteiger partial charge in [-0.25, -0.2) is 0 Å². The summed E-state index contributed by atoms with van der Waals surface area (Å²) in [5.41, 5.74) is 1.95. The first kappa shape index (κ1) is 9.99. The van der Waals surface area contributed by atoms with Crippen LogP contribution < -0.4 is 4.74 Å². The van der Waals surface area contributed by atoms with Gasteiger partial charge in [-0.2, -0.15) is 0 Å². The van der Waals surface area contributed by atoms with Crippen LogP contribution in [0.2, 0.25) is 5.02 Å². The molecule has 3 heteroatoms. The third-order valence-electron chi connectivity index (χ3n) is 2.11. The van der Waals surface area contributed by atoms with E-state index in [1.165, 1.54) is 0 Å². The summed E-state index contributed by atoms with van der Waals surface area (Å²) in [5.74, 6) is 0.757. The second-order valence-corrected chi connectivity index (χ2v) is 3.53. The largest absolute Gasteiger partial charge is 0.495 e. The SMILES string of the molecule is COc1ccc(-c2ccc(Cl)cc2)nc1. The average Bonchev–Trinajstić information content (AvgIpc) is 2.30. The zero-order valence-corrected chi connectivity index (χ0v) is 9.03. The van der Waals surface area contributed by atoms with Crippen LogP contribution in [0.3, 0.4) is 0 Å². The van der Waals surface area contributed by atoms with Crippen LogP contribution in [0.15, 0.2) is 42.6 Å². The fourth-order valence-electron chi connectivity index (χ4n) is 1.29. The Morgan fingerprint density at radius 2 is 1.80 bits per heavy atom. The molecular weight excluding hydrogens is 210 g/mol. The summed E-state index contributed by atoms with van der Waals surface area (Å²) in [6.07, 6.45) is 1.70. The lowest BCUT2D eigenvalue weighted by Gasteiger charge is -2.02. The standard InChI is InChI=1S/C12H10ClNO/c1-15-11-6-7-12(14-8-11)9-2-4-10(13)5-3-9/h2-8H,1H3. The number of pyridine rings is 1. The van der Waals surface area contributed by atoms with Crippen LogP contribution in [0.1, 0.15) is 0 Å². The molecule has 2 rings (SSSR count). The lowest BCUT2D eigenvalue weighted by molar-refractivity contribution is 0.413. The third-order valence-corrected chi connectivity index (χ3v) is 2.36. The van der Waals surface area contributed by atoms with Gasteiger partial charge in [-0.3, -0.25) is 4.98 Å². The first-order valence-electron chi connectivity index (χ1n) is 4.55. The first-order valence-corrected chi connectivity index (χ1v) is 4.93. The van der Waals surface area contributed by atoms with Gasteiger partial charge in [-0.05, 0) is 24.3 Å². The summed E-state index contributed by atoms with van der Waals surface area (Å²) >= 11 is 5.81. The van der Waals surface area contributed by atoms with Crippen LogP contribution in [0, 0.1) is 0 Å². The summed E-state index contributed by atoms with van der Waals surface area (Å²) in [6, 6.07) is 11.4. The molecule has 0 unspecified atom stereocenters. The Hall–Kier alpha value is -1.54. The molecule has 0 radical (unpaired) electrons. The molecular formula is C12H10ClNO. The van der Waals surface area contributed by atoms with Crippen LogP contribution in [-0.2, 0) is 0 Å². The van der Waals surface area contributed by atoms with Gasteiger partial charge < -0.3 is 4.74 Å². The maximum Gasteiger partial charge on any atom is 0.137 e. The van der Waals surface area contributed by atoms with Crippen molar-refractivity contribution in [3.05, 3.63) is 47.6 Å². The minimum Gasteiger partial charge on any atom is -0.495 e. The average molecular weight is 220 g/mol. The summed E-state index contributed by atoms with van der Waals surface area (Å²) in [5, 5.41) is 0.729. The van der Waals surface area contributed by atoms with E-state index in [2.05, 4.69) is 4.98 Å². The quantitative estimate of drug-likeness (QED) is 0.772. The Bertz CT molecular complexity index is 436. The molecule has 0 saturated heterocycles. The van der Waals surface area contributed by atoms with Crippen LogP contribution in [0.5, 0.6) is 5.75 Å². The topological polar surface area (TPSA) is 22.1 Å². The zero-order chi connectivity index (χ0) is 10.7. The molecule has 0 spiro atoms. The van der Waals surface area contributed by atoms with Crippen molar-refractivity contribution in [2.24, 2.45) is 0 Å². The van der Waals surface area contributed by atoms with Gasteiger partial charge in [0, 0.05) is 10.6 Å². The van der Waals surface area contributed by atoms with Gasteiger partial charge in [-0.1, -0.05) is 23.7 Å². The zero-order valence-electron chi connectivity index (χ0n) is 8.27. The third kappa shape index (κ3) is 2.28. The highest BCUT2D eigenvalue weighted by atomic mass is 35.5. The van der Waals surface area contributed by atoms with Crippen molar-refractivity contribution in [2.75, 3.05) is 7.11 Å². The van der Waals surface area contributed by atoms with Crippen molar-refractivity contribution < 1.29 is 4.74 Å². The Morgan fingerprint density at radius 3 is 2.33 bits per heavy atom. The number of nitrogens with zero attached hydrogens (tertiary/aromatic N) is 1. The smallest absolute Gasteiger partial charge is 0.137 e. The second-order valence-electron chi connectivity index (χ2n) is 3.09. The normalized spacial score (nSPS) is 10.0. The van der Waals surface area contributed by atoms with Crippen LogP contribution in [0.25, 0.3) is 11.3 Å². The monoisotopic (exact) mass is 219 g/mol. The Balaban J connectivity index is 2.33. The van der Waals surface area contributed by atoms with Crippen LogP contribution >= 0.6 is 11.6 Å². The number of methoxy groups -OCH3 is 1. The Labute approximate surface area is 93.5 Å². The molecule has 76 valence electrons. The first-order chi connectivity index (χ1) is 7.29. The number of hydrogen-bond acceptors (Lipinski definition) is 2. The van der Waals surface area contributed by atoms with E-state index in [-0.39, 0.29) is 0 Å². The van der Waals surface area contributed by atoms with Gasteiger partial charge in [0.1, 0.15) is 5.75 Å². The van der Waals surface area contributed by atoms with Gasteiger partial charge in [0.25, 0.3) is 0 Å². The maximum atomic E-state index is 5.81. The summed E-state index contributed by atoms with van der Waals surface area (Å²) in [7, 11) is 1.62. The van der Waals surface area contributed by atoms with Crippen molar-refractivity contribution in [1.82, 2.24) is 4.98 Å². The Kier molecular flexibility index (Phi) is 2.88. The number of ether oxygens (including phenoxy) is 1. The molecule has 0 fully saturated rings. The molecule has 2 nitrogen and oxygen atoms in total. The van der Waals surface area contributed by atoms with Crippen LogP contribution in [0.4, 0.5) is 0 Å². The molecule has 15 heavy (non-hydrogen) atoms. The summed E-state index contributed by atoms with van der Waals surface area (Å²) in [6.45, 7) is 0. The van der Waals surface area contributed by atoms with E-state index in [1.807, 2.05) is 36.4 Å². The molecule has 2 aromatic rings. The predicted molar refractivity (Wildman–Crippen MR) is 61.2 cm³/mol. The number of hydrogen-bond donors (Lipinski definition) is 0. The Morgan fingerprint density at radius 1 is 1.07 bits per heavy atom. The number of benzene rings is 1. The van der Waals surface area contributed by atoms with E-state index in [0.29, 0.717) is 0 Å². The summed E-state index contributed by atoms with van der Waals surface area (Å²) in [4.78, 5) is 4.28. The van der Waals surface area contributed by atoms with E-state index in [4.69, 9.17) is 16.3 Å². The van der Waals surface area contributed by atoms with Gasteiger partial charge >= 0.3 is 0 Å². The second kappa shape index (κ2) is 4.32. The molecule has 0 N–H and O–H groups in total. The predicted octanol–water partition coefficient (Wildman–Crippen LogP) is 3.41. The van der Waals surface area contributed by atoms with Gasteiger partial charge in [0.05, 0.1) is 19.0 Å². The van der Waals surface area contributed by atoms with Crippen molar-refractivity contribution in [3.63, 3.8) is 0 Å². The minimum atomic E-state index is 0.729. The van der Waals surface area contributed by atoms with Crippen molar-refractivity contribution >= 4 is 11.6 Å².